The lowest BCUT2D eigenvalue weighted by atomic mass is 10.2. The molecule has 3 N–H and O–H groups in total. The van der Waals surface area contributed by atoms with Gasteiger partial charge in [-0.15, -0.1) is 0 Å². The lowest BCUT2D eigenvalue weighted by Gasteiger charge is -2.14. The Balaban J connectivity index is 2.69. The second kappa shape index (κ2) is 6.93. The number of benzene rings is 1. The molecule has 0 aromatic heterocycles. The molecule has 100 valence electrons. The number of carbonyl (C=O) groups is 1. The third kappa shape index (κ3) is 3.97. The Bertz CT molecular complexity index is 412. The molecule has 0 bridgehead atoms. The van der Waals surface area contributed by atoms with Crippen molar-refractivity contribution in [1.29, 1.82) is 0 Å². The van der Waals surface area contributed by atoms with Gasteiger partial charge in [-0.2, -0.15) is 0 Å². The Morgan fingerprint density at radius 1 is 1.50 bits per heavy atom. The Kier molecular flexibility index (Phi) is 5.54. The van der Waals surface area contributed by atoms with E-state index in [0.717, 1.165) is 0 Å². The molecule has 1 rings (SSSR count). The summed E-state index contributed by atoms with van der Waals surface area (Å²) in [5.74, 6) is -0.548. The van der Waals surface area contributed by atoms with Gasteiger partial charge in [-0.1, -0.05) is 0 Å². The number of anilines is 1. The minimum Gasteiger partial charge on any atom is -0.494 e. The maximum absolute atomic E-state index is 13.0. The molecule has 1 unspecified atom stereocenters. The van der Waals surface area contributed by atoms with Gasteiger partial charge < -0.3 is 20.5 Å². The van der Waals surface area contributed by atoms with Crippen LogP contribution >= 0.6 is 0 Å². The molecule has 18 heavy (non-hydrogen) atoms. The van der Waals surface area contributed by atoms with Crippen LogP contribution in [-0.4, -0.2) is 32.8 Å². The second-order valence-electron chi connectivity index (χ2n) is 3.72. The van der Waals surface area contributed by atoms with E-state index in [1.807, 2.05) is 0 Å². The van der Waals surface area contributed by atoms with Gasteiger partial charge in [-0.25, -0.2) is 4.39 Å². The van der Waals surface area contributed by atoms with Crippen LogP contribution in [0.2, 0.25) is 0 Å². The Morgan fingerprint density at radius 2 is 2.22 bits per heavy atom. The molecule has 0 fully saturated rings. The predicted molar refractivity (Wildman–Crippen MR) is 66.1 cm³/mol. The van der Waals surface area contributed by atoms with E-state index >= 15 is 0 Å². The molecule has 1 amide bonds. The first-order valence-corrected chi connectivity index (χ1v) is 5.47. The van der Waals surface area contributed by atoms with E-state index < -0.39 is 11.9 Å². The number of ether oxygens (including phenoxy) is 2. The van der Waals surface area contributed by atoms with E-state index in [1.54, 1.807) is 0 Å². The van der Waals surface area contributed by atoms with Crippen LogP contribution in [0.15, 0.2) is 18.2 Å². The van der Waals surface area contributed by atoms with Crippen molar-refractivity contribution < 1.29 is 18.7 Å². The van der Waals surface area contributed by atoms with Crippen LogP contribution in [-0.2, 0) is 9.53 Å². The van der Waals surface area contributed by atoms with Gasteiger partial charge in [-0.3, -0.25) is 4.79 Å². The smallest absolute Gasteiger partial charge is 0.241 e. The van der Waals surface area contributed by atoms with Crippen LogP contribution in [0.1, 0.15) is 6.42 Å². The van der Waals surface area contributed by atoms with Crippen LogP contribution in [0.3, 0.4) is 0 Å². The monoisotopic (exact) mass is 256 g/mol. The fourth-order valence-electron chi connectivity index (χ4n) is 1.37. The topological polar surface area (TPSA) is 73.6 Å². The lowest BCUT2D eigenvalue weighted by molar-refractivity contribution is -0.117. The molecule has 1 atom stereocenters. The summed E-state index contributed by atoms with van der Waals surface area (Å²) in [6.45, 7) is 0.398. The highest BCUT2D eigenvalue weighted by atomic mass is 19.1. The summed E-state index contributed by atoms with van der Waals surface area (Å²) in [6, 6.07) is 3.17. The summed E-state index contributed by atoms with van der Waals surface area (Å²) >= 11 is 0. The van der Waals surface area contributed by atoms with E-state index in [-0.39, 0.29) is 11.7 Å². The summed E-state index contributed by atoms with van der Waals surface area (Å²) in [5.41, 5.74) is 6.05. The van der Waals surface area contributed by atoms with Crippen molar-refractivity contribution in [2.24, 2.45) is 5.73 Å². The van der Waals surface area contributed by atoms with Crippen molar-refractivity contribution in [2.75, 3.05) is 26.1 Å². The molecule has 0 aliphatic carbocycles. The van der Waals surface area contributed by atoms with Crippen molar-refractivity contribution in [3.8, 4) is 5.75 Å². The van der Waals surface area contributed by atoms with E-state index in [0.29, 0.717) is 18.7 Å². The third-order valence-electron chi connectivity index (χ3n) is 2.39. The molecule has 5 nitrogen and oxygen atoms in total. The number of methoxy groups -OCH3 is 2. The molecule has 0 spiro atoms. The van der Waals surface area contributed by atoms with Crippen LogP contribution in [0, 0.1) is 5.82 Å². The van der Waals surface area contributed by atoms with Crippen molar-refractivity contribution in [3.63, 3.8) is 0 Å². The minimum absolute atomic E-state index is 0.252. The molecule has 0 aliphatic rings. The Labute approximate surface area is 105 Å². The zero-order valence-corrected chi connectivity index (χ0v) is 10.4. The van der Waals surface area contributed by atoms with Crippen molar-refractivity contribution in [2.45, 2.75) is 12.5 Å². The van der Waals surface area contributed by atoms with E-state index in [1.165, 1.54) is 32.4 Å². The molecule has 1 aromatic carbocycles. The summed E-state index contributed by atoms with van der Waals surface area (Å²) in [5, 5.41) is 2.59. The minimum atomic E-state index is -0.681. The number of hydrogen-bond acceptors (Lipinski definition) is 4. The molecule has 1 aromatic rings. The number of halogens is 1. The molecule has 0 aliphatic heterocycles. The maximum atomic E-state index is 13.0. The molecule has 6 heteroatoms. The molecule has 0 saturated heterocycles. The summed E-state index contributed by atoms with van der Waals surface area (Å²) in [7, 11) is 2.93. The second-order valence-corrected chi connectivity index (χ2v) is 3.72. The van der Waals surface area contributed by atoms with Crippen molar-refractivity contribution in [3.05, 3.63) is 24.0 Å². The van der Waals surface area contributed by atoms with Crippen LogP contribution in [0.25, 0.3) is 0 Å². The highest BCUT2D eigenvalue weighted by molar-refractivity contribution is 5.95. The SMILES string of the molecule is COCCC(N)C(=O)Nc1ccc(F)cc1OC. The van der Waals surface area contributed by atoms with Crippen molar-refractivity contribution >= 4 is 11.6 Å². The number of amides is 1. The molecular weight excluding hydrogens is 239 g/mol. The Morgan fingerprint density at radius 3 is 2.83 bits per heavy atom. The van der Waals surface area contributed by atoms with Gasteiger partial charge >= 0.3 is 0 Å². The third-order valence-corrected chi connectivity index (χ3v) is 2.39. The molecular formula is C12H17FN2O3. The highest BCUT2D eigenvalue weighted by Crippen LogP contribution is 2.24. The lowest BCUT2D eigenvalue weighted by Crippen LogP contribution is -2.36. The first-order chi connectivity index (χ1) is 8.58. The number of hydrogen-bond donors (Lipinski definition) is 2. The summed E-state index contributed by atoms with van der Waals surface area (Å²) in [4.78, 5) is 11.7. The molecule has 0 heterocycles. The average Bonchev–Trinajstić information content (AvgIpc) is 2.37. The van der Waals surface area contributed by atoms with Gasteiger partial charge in [0.25, 0.3) is 0 Å². The molecule has 0 radical (unpaired) electrons. The normalized spacial score (nSPS) is 12.0. The summed E-state index contributed by atoms with van der Waals surface area (Å²) in [6.07, 6.45) is 0.409. The van der Waals surface area contributed by atoms with Crippen LogP contribution in [0.4, 0.5) is 10.1 Å². The van der Waals surface area contributed by atoms with Gasteiger partial charge in [0, 0.05) is 19.8 Å². The fourth-order valence-corrected chi connectivity index (χ4v) is 1.37. The van der Waals surface area contributed by atoms with Gasteiger partial charge in [-0.05, 0) is 18.6 Å². The summed E-state index contributed by atoms with van der Waals surface area (Å²) < 4.78 is 22.8. The number of nitrogens with one attached hydrogen (secondary N) is 1. The first-order valence-electron chi connectivity index (χ1n) is 5.47. The van der Waals surface area contributed by atoms with Gasteiger partial charge in [0.15, 0.2) is 0 Å². The zero-order chi connectivity index (χ0) is 13.5. The highest BCUT2D eigenvalue weighted by Gasteiger charge is 2.15. The van der Waals surface area contributed by atoms with E-state index in [2.05, 4.69) is 5.32 Å². The predicted octanol–water partition coefficient (Wildman–Crippen LogP) is 1.14. The number of rotatable bonds is 6. The zero-order valence-electron chi connectivity index (χ0n) is 10.4. The quantitative estimate of drug-likeness (QED) is 0.800. The maximum Gasteiger partial charge on any atom is 0.241 e. The van der Waals surface area contributed by atoms with Crippen LogP contribution < -0.4 is 15.8 Å². The van der Waals surface area contributed by atoms with Crippen LogP contribution in [0.5, 0.6) is 5.75 Å². The fraction of sp³-hybridized carbons (Fsp3) is 0.417. The van der Waals surface area contributed by atoms with Crippen molar-refractivity contribution in [1.82, 2.24) is 0 Å². The number of nitrogens with two attached hydrogens (primary N) is 1. The average molecular weight is 256 g/mol. The number of carbonyl (C=O) groups excluding carboxylic acids is 1. The van der Waals surface area contributed by atoms with E-state index in [4.69, 9.17) is 15.2 Å². The van der Waals surface area contributed by atoms with Gasteiger partial charge in [0.05, 0.1) is 18.8 Å². The standard InChI is InChI=1S/C12H17FN2O3/c1-17-6-5-9(14)12(16)15-10-4-3-8(13)7-11(10)18-2/h3-4,7,9H,5-6,14H2,1-2H3,(H,15,16). The first kappa shape index (κ1) is 14.4. The molecule has 0 saturated carbocycles. The van der Waals surface area contributed by atoms with E-state index in [9.17, 15) is 9.18 Å². The largest absolute Gasteiger partial charge is 0.494 e. The van der Waals surface area contributed by atoms with Gasteiger partial charge in [0.1, 0.15) is 11.6 Å². The van der Waals surface area contributed by atoms with Gasteiger partial charge in [0.2, 0.25) is 5.91 Å². The Hall–Kier alpha value is -1.66.